The maximum atomic E-state index is 12.4. The molecule has 1 saturated carbocycles. The summed E-state index contributed by atoms with van der Waals surface area (Å²) in [5.41, 5.74) is 4.43. The summed E-state index contributed by atoms with van der Waals surface area (Å²) in [7, 11) is 0. The molecule has 0 aliphatic heterocycles. The monoisotopic (exact) mass is 461 g/mol. The van der Waals surface area contributed by atoms with Crippen LogP contribution in [0.4, 0.5) is 10.7 Å². The molecule has 1 heterocycles. The van der Waals surface area contributed by atoms with E-state index in [1.165, 1.54) is 0 Å². The van der Waals surface area contributed by atoms with Crippen LogP contribution in [0, 0.1) is 5.92 Å². The van der Waals surface area contributed by atoms with Crippen LogP contribution in [0.5, 0.6) is 0 Å². The van der Waals surface area contributed by atoms with Crippen LogP contribution < -0.4 is 10.6 Å². The molecule has 4 N–H and O–H groups in total. The summed E-state index contributed by atoms with van der Waals surface area (Å²) in [5, 5.41) is 20.3. The van der Waals surface area contributed by atoms with Gasteiger partial charge in [0, 0.05) is 5.92 Å². The molecule has 1 unspecified atom stereocenters. The van der Waals surface area contributed by atoms with Gasteiger partial charge in [0.05, 0.1) is 0 Å². The minimum atomic E-state index is -1.10. The predicted molar refractivity (Wildman–Crippen MR) is 121 cm³/mol. The van der Waals surface area contributed by atoms with E-state index >= 15 is 0 Å². The van der Waals surface area contributed by atoms with Gasteiger partial charge >= 0.3 is 12.1 Å². The van der Waals surface area contributed by atoms with Crippen LogP contribution in [0.25, 0.3) is 11.1 Å². The number of ether oxygens (including phenoxy) is 1. The van der Waals surface area contributed by atoms with Crippen molar-refractivity contribution in [3.8, 4) is 11.1 Å². The van der Waals surface area contributed by atoms with Gasteiger partial charge < -0.3 is 15.2 Å². The molecule has 3 aromatic rings. The predicted octanol–water partition coefficient (Wildman–Crippen LogP) is 3.15. The fraction of sp³-hybridized carbons (Fsp3) is 0.292. The van der Waals surface area contributed by atoms with E-state index in [-0.39, 0.29) is 24.3 Å². The van der Waals surface area contributed by atoms with Gasteiger partial charge in [-0.2, -0.15) is 4.98 Å². The molecular formula is C24H23N5O5. The molecule has 34 heavy (non-hydrogen) atoms. The molecular weight excluding hydrogens is 438 g/mol. The molecule has 2 aromatic carbocycles. The number of H-pyrrole nitrogens is 1. The summed E-state index contributed by atoms with van der Waals surface area (Å²) in [5.74, 6) is -1.92. The van der Waals surface area contributed by atoms with Crippen molar-refractivity contribution < 1.29 is 24.2 Å². The number of aromatic nitrogens is 3. The highest BCUT2D eigenvalue weighted by Gasteiger charge is 2.31. The number of rotatable bonds is 8. The van der Waals surface area contributed by atoms with Gasteiger partial charge in [0.15, 0.2) is 0 Å². The lowest BCUT2D eigenvalue weighted by Crippen LogP contribution is -2.41. The van der Waals surface area contributed by atoms with Gasteiger partial charge in [0.25, 0.3) is 11.9 Å². The summed E-state index contributed by atoms with van der Waals surface area (Å²) in [6.45, 7) is 0.124. The maximum absolute atomic E-state index is 12.4. The molecule has 174 valence electrons. The van der Waals surface area contributed by atoms with Gasteiger partial charge in [-0.25, -0.2) is 9.59 Å². The molecule has 5 rings (SSSR count). The van der Waals surface area contributed by atoms with Crippen molar-refractivity contribution in [3.05, 3.63) is 65.5 Å². The van der Waals surface area contributed by atoms with Crippen LogP contribution in [-0.2, 0) is 9.53 Å². The van der Waals surface area contributed by atoms with Crippen molar-refractivity contribution in [2.24, 2.45) is 5.92 Å². The Morgan fingerprint density at radius 1 is 1.06 bits per heavy atom. The van der Waals surface area contributed by atoms with Crippen LogP contribution in [0.15, 0.2) is 48.5 Å². The molecule has 10 nitrogen and oxygen atoms in total. The highest BCUT2D eigenvalue weighted by Crippen LogP contribution is 2.44. The number of carbonyl (C=O) groups excluding carboxylic acids is 2. The number of carboxylic acid groups (broad SMARTS) is 1. The van der Waals surface area contributed by atoms with E-state index < -0.39 is 24.0 Å². The molecule has 2 amide bonds. The molecule has 0 saturated heterocycles. The number of hydrogen-bond donors (Lipinski definition) is 4. The number of nitrogens with one attached hydrogen (secondary N) is 3. The van der Waals surface area contributed by atoms with E-state index in [1.54, 1.807) is 0 Å². The minimum absolute atomic E-state index is 0.0916. The topological polar surface area (TPSA) is 146 Å². The first-order valence-electron chi connectivity index (χ1n) is 11.1. The molecule has 2 aliphatic rings. The van der Waals surface area contributed by atoms with Crippen molar-refractivity contribution in [1.29, 1.82) is 0 Å². The van der Waals surface area contributed by atoms with Crippen LogP contribution >= 0.6 is 0 Å². The lowest BCUT2D eigenvalue weighted by Gasteiger charge is -2.14. The normalized spacial score (nSPS) is 15.2. The Kier molecular flexibility index (Phi) is 5.70. The van der Waals surface area contributed by atoms with Gasteiger partial charge in [0.2, 0.25) is 5.82 Å². The zero-order valence-corrected chi connectivity index (χ0v) is 18.2. The van der Waals surface area contributed by atoms with Gasteiger partial charge in [-0.15, -0.1) is 5.10 Å². The molecule has 1 fully saturated rings. The Balaban J connectivity index is 1.18. The van der Waals surface area contributed by atoms with Crippen molar-refractivity contribution in [2.75, 3.05) is 11.9 Å². The van der Waals surface area contributed by atoms with Crippen molar-refractivity contribution in [2.45, 2.75) is 31.2 Å². The number of fused-ring (bicyclic) bond motifs is 3. The number of hydrogen-bond acceptors (Lipinski definition) is 6. The third kappa shape index (κ3) is 4.47. The number of aromatic amines is 1. The second kappa shape index (κ2) is 8.97. The van der Waals surface area contributed by atoms with Crippen LogP contribution in [-0.4, -0.2) is 50.9 Å². The largest absolute Gasteiger partial charge is 0.480 e. The highest BCUT2D eigenvalue weighted by atomic mass is 16.5. The number of aliphatic carboxylic acids is 1. The van der Waals surface area contributed by atoms with Crippen LogP contribution in [0.1, 0.15) is 46.9 Å². The molecule has 0 spiro atoms. The Morgan fingerprint density at radius 2 is 1.71 bits per heavy atom. The first-order chi connectivity index (χ1) is 16.5. The van der Waals surface area contributed by atoms with E-state index in [4.69, 9.17) is 4.74 Å². The smallest absolute Gasteiger partial charge is 0.414 e. The minimum Gasteiger partial charge on any atom is -0.480 e. The summed E-state index contributed by atoms with van der Waals surface area (Å²) in [4.78, 5) is 40.0. The third-order valence-corrected chi connectivity index (χ3v) is 6.13. The summed E-state index contributed by atoms with van der Waals surface area (Å²) < 4.78 is 5.44. The number of benzene rings is 2. The lowest BCUT2D eigenvalue weighted by atomic mass is 9.98. The molecule has 0 bridgehead atoms. The fourth-order valence-corrected chi connectivity index (χ4v) is 4.28. The fourth-order valence-electron chi connectivity index (χ4n) is 4.28. The average molecular weight is 461 g/mol. The van der Waals surface area contributed by atoms with Crippen molar-refractivity contribution in [1.82, 2.24) is 20.5 Å². The van der Waals surface area contributed by atoms with E-state index in [0.29, 0.717) is 12.3 Å². The zero-order chi connectivity index (χ0) is 23.7. The standard InChI is InChI=1S/C24H23N5O5/c30-21(25-19(22(31)32)11-13-9-10-13)20-26-23(29-28-20)27-24(33)34-12-18-16-7-3-1-5-14(16)15-6-2-4-8-17(15)18/h1-8,13,18-19H,9-12H2,(H,25,30)(H,31,32)(H2,26,27,28,29,33). The molecule has 10 heteroatoms. The number of anilines is 1. The number of nitrogens with zero attached hydrogens (tertiary/aromatic N) is 2. The van der Waals surface area contributed by atoms with Crippen molar-refractivity contribution >= 4 is 23.9 Å². The lowest BCUT2D eigenvalue weighted by molar-refractivity contribution is -0.139. The number of carboxylic acids is 1. The maximum Gasteiger partial charge on any atom is 0.414 e. The van der Waals surface area contributed by atoms with E-state index in [9.17, 15) is 19.5 Å². The Hall–Kier alpha value is -4.21. The summed E-state index contributed by atoms with van der Waals surface area (Å²) >= 11 is 0. The van der Waals surface area contributed by atoms with Gasteiger partial charge in [-0.3, -0.25) is 15.2 Å². The Morgan fingerprint density at radius 3 is 2.32 bits per heavy atom. The third-order valence-electron chi connectivity index (χ3n) is 6.13. The molecule has 1 atom stereocenters. The SMILES string of the molecule is O=C(Nc1n[nH]c(C(=O)NC(CC2CC2)C(=O)O)n1)OCC1c2ccccc2-c2ccccc21. The van der Waals surface area contributed by atoms with E-state index in [0.717, 1.165) is 35.1 Å². The van der Waals surface area contributed by atoms with Crippen LogP contribution in [0.2, 0.25) is 0 Å². The average Bonchev–Trinajstić information content (AvgIpc) is 3.43. The first kappa shape index (κ1) is 21.6. The highest BCUT2D eigenvalue weighted by molar-refractivity contribution is 5.94. The summed E-state index contributed by atoms with van der Waals surface area (Å²) in [6.07, 6.45) is 1.55. The number of carbonyl (C=O) groups is 3. The zero-order valence-electron chi connectivity index (χ0n) is 18.2. The quantitative estimate of drug-likeness (QED) is 0.403. The Labute approximate surface area is 194 Å². The van der Waals surface area contributed by atoms with Crippen molar-refractivity contribution in [3.63, 3.8) is 0 Å². The Bertz CT molecular complexity index is 1210. The molecule has 0 radical (unpaired) electrons. The first-order valence-corrected chi connectivity index (χ1v) is 11.1. The second-order valence-electron chi connectivity index (χ2n) is 8.50. The van der Waals surface area contributed by atoms with E-state index in [2.05, 4.69) is 25.8 Å². The van der Waals surface area contributed by atoms with Gasteiger partial charge in [-0.05, 0) is 34.6 Å². The van der Waals surface area contributed by atoms with E-state index in [1.807, 2.05) is 48.5 Å². The van der Waals surface area contributed by atoms with Crippen LogP contribution in [0.3, 0.4) is 0 Å². The summed E-state index contributed by atoms with van der Waals surface area (Å²) in [6, 6.07) is 15.0. The van der Waals surface area contributed by atoms with Gasteiger partial charge in [0.1, 0.15) is 12.6 Å². The second-order valence-corrected chi connectivity index (χ2v) is 8.50. The molecule has 1 aromatic heterocycles. The number of amides is 2. The molecule has 2 aliphatic carbocycles. The van der Waals surface area contributed by atoms with Gasteiger partial charge in [-0.1, -0.05) is 61.4 Å².